The lowest BCUT2D eigenvalue weighted by Gasteiger charge is -2.30. The predicted molar refractivity (Wildman–Crippen MR) is 80.6 cm³/mol. The van der Waals surface area contributed by atoms with Crippen LogP contribution in [0.15, 0.2) is 0 Å². The minimum absolute atomic E-state index is 0.327. The average molecular weight is 271 g/mol. The first-order valence-corrected chi connectivity index (χ1v) is 8.20. The van der Waals surface area contributed by atoms with Gasteiger partial charge >= 0.3 is 0 Å². The molecule has 0 aromatic heterocycles. The lowest BCUT2D eigenvalue weighted by Crippen LogP contribution is -2.33. The summed E-state index contributed by atoms with van der Waals surface area (Å²) in [6.45, 7) is 10.2. The molecular formula is C16H33NO2. The Morgan fingerprint density at radius 2 is 2.11 bits per heavy atom. The second kappa shape index (κ2) is 10.6. The molecule has 1 fully saturated rings. The third-order valence-corrected chi connectivity index (χ3v) is 4.01. The Hall–Kier alpha value is -0.120. The highest BCUT2D eigenvalue weighted by molar-refractivity contribution is 4.73. The molecule has 0 aromatic rings. The maximum atomic E-state index is 6.16. The van der Waals surface area contributed by atoms with Gasteiger partial charge in [0.1, 0.15) is 0 Å². The monoisotopic (exact) mass is 271 g/mol. The van der Waals surface area contributed by atoms with Crippen molar-refractivity contribution in [3.8, 4) is 0 Å². The summed E-state index contributed by atoms with van der Waals surface area (Å²) in [5.74, 6) is 0.894. The van der Waals surface area contributed by atoms with Crippen LogP contribution in [0.25, 0.3) is 0 Å². The fourth-order valence-corrected chi connectivity index (χ4v) is 2.86. The Morgan fingerprint density at radius 3 is 2.84 bits per heavy atom. The van der Waals surface area contributed by atoms with Crippen molar-refractivity contribution in [2.45, 2.75) is 71.5 Å². The summed E-state index contributed by atoms with van der Waals surface area (Å²) in [4.78, 5) is 0. The summed E-state index contributed by atoms with van der Waals surface area (Å²) in [5, 5.41) is 3.45. The maximum absolute atomic E-state index is 6.16. The second-order valence-electron chi connectivity index (χ2n) is 5.76. The molecule has 0 heterocycles. The van der Waals surface area contributed by atoms with Crippen LogP contribution in [0.2, 0.25) is 0 Å². The molecule has 114 valence electrons. The molecule has 0 bridgehead atoms. The van der Waals surface area contributed by atoms with E-state index in [9.17, 15) is 0 Å². The molecular weight excluding hydrogens is 238 g/mol. The first-order chi connectivity index (χ1) is 9.26. The van der Waals surface area contributed by atoms with Crippen LogP contribution in [0, 0.1) is 5.92 Å². The predicted octanol–water partition coefficient (Wildman–Crippen LogP) is 3.38. The molecule has 0 radical (unpaired) electrons. The first kappa shape index (κ1) is 16.9. The van der Waals surface area contributed by atoms with E-state index < -0.39 is 0 Å². The number of hydrogen-bond acceptors (Lipinski definition) is 3. The zero-order chi connectivity index (χ0) is 13.9. The van der Waals surface area contributed by atoms with E-state index in [2.05, 4.69) is 19.2 Å². The van der Waals surface area contributed by atoms with Gasteiger partial charge < -0.3 is 14.8 Å². The van der Waals surface area contributed by atoms with E-state index in [0.717, 1.165) is 38.6 Å². The van der Waals surface area contributed by atoms with E-state index in [1.807, 2.05) is 6.92 Å². The summed E-state index contributed by atoms with van der Waals surface area (Å²) < 4.78 is 11.5. The topological polar surface area (TPSA) is 30.5 Å². The van der Waals surface area contributed by atoms with Crippen molar-refractivity contribution < 1.29 is 9.47 Å². The Morgan fingerprint density at radius 1 is 1.26 bits per heavy atom. The molecule has 0 amide bonds. The van der Waals surface area contributed by atoms with Crippen molar-refractivity contribution in [2.75, 3.05) is 26.3 Å². The minimum Gasteiger partial charge on any atom is -0.382 e. The molecule has 3 atom stereocenters. The van der Waals surface area contributed by atoms with Gasteiger partial charge in [0.25, 0.3) is 0 Å². The molecule has 0 saturated heterocycles. The number of ether oxygens (including phenoxy) is 2. The first-order valence-electron chi connectivity index (χ1n) is 8.20. The van der Waals surface area contributed by atoms with E-state index in [0.29, 0.717) is 12.2 Å². The largest absolute Gasteiger partial charge is 0.382 e. The van der Waals surface area contributed by atoms with Gasteiger partial charge in [-0.3, -0.25) is 0 Å². The third kappa shape index (κ3) is 7.91. The van der Waals surface area contributed by atoms with Crippen LogP contribution < -0.4 is 5.32 Å². The van der Waals surface area contributed by atoms with Gasteiger partial charge in [0.05, 0.1) is 12.2 Å². The van der Waals surface area contributed by atoms with Gasteiger partial charge in [0.15, 0.2) is 0 Å². The summed E-state index contributed by atoms with van der Waals surface area (Å²) in [6, 6.07) is 0. The normalized spacial score (nSPS) is 25.4. The molecule has 1 aliphatic carbocycles. The summed E-state index contributed by atoms with van der Waals surface area (Å²) >= 11 is 0. The van der Waals surface area contributed by atoms with Gasteiger partial charge in [0, 0.05) is 19.8 Å². The van der Waals surface area contributed by atoms with Crippen molar-refractivity contribution in [1.82, 2.24) is 5.32 Å². The summed E-state index contributed by atoms with van der Waals surface area (Å²) in [7, 11) is 0. The number of rotatable bonds is 10. The van der Waals surface area contributed by atoms with Crippen molar-refractivity contribution in [1.29, 1.82) is 0 Å². The van der Waals surface area contributed by atoms with Gasteiger partial charge in [-0.2, -0.15) is 0 Å². The van der Waals surface area contributed by atoms with E-state index in [-0.39, 0.29) is 0 Å². The lowest BCUT2D eigenvalue weighted by atomic mass is 9.85. The highest BCUT2D eigenvalue weighted by atomic mass is 16.5. The fraction of sp³-hybridized carbons (Fsp3) is 1.00. The Bertz CT molecular complexity index is 211. The quantitative estimate of drug-likeness (QED) is 0.618. The molecule has 1 aliphatic rings. The molecule has 3 unspecified atom stereocenters. The highest BCUT2D eigenvalue weighted by Crippen LogP contribution is 2.28. The second-order valence-corrected chi connectivity index (χ2v) is 5.76. The molecule has 19 heavy (non-hydrogen) atoms. The van der Waals surface area contributed by atoms with Gasteiger partial charge in [-0.25, -0.2) is 0 Å². The van der Waals surface area contributed by atoms with Gasteiger partial charge in [0.2, 0.25) is 0 Å². The van der Waals surface area contributed by atoms with Gasteiger partial charge in [-0.15, -0.1) is 0 Å². The summed E-state index contributed by atoms with van der Waals surface area (Å²) in [5.41, 5.74) is 0. The minimum atomic E-state index is 0.327. The molecule has 1 rings (SSSR count). The molecule has 0 aliphatic heterocycles. The van der Waals surface area contributed by atoms with Crippen LogP contribution >= 0.6 is 0 Å². The maximum Gasteiger partial charge on any atom is 0.0675 e. The Balaban J connectivity index is 2.02. The fourth-order valence-electron chi connectivity index (χ4n) is 2.86. The van der Waals surface area contributed by atoms with Gasteiger partial charge in [-0.05, 0) is 45.6 Å². The number of hydrogen-bond donors (Lipinski definition) is 1. The zero-order valence-electron chi connectivity index (χ0n) is 13.1. The van der Waals surface area contributed by atoms with Gasteiger partial charge in [-0.1, -0.05) is 26.2 Å². The highest BCUT2D eigenvalue weighted by Gasteiger charge is 2.22. The van der Waals surface area contributed by atoms with Crippen LogP contribution in [0.5, 0.6) is 0 Å². The molecule has 1 saturated carbocycles. The van der Waals surface area contributed by atoms with Crippen molar-refractivity contribution in [2.24, 2.45) is 5.92 Å². The van der Waals surface area contributed by atoms with Crippen LogP contribution in [-0.4, -0.2) is 38.5 Å². The van der Waals surface area contributed by atoms with E-state index >= 15 is 0 Å². The Kier molecular flexibility index (Phi) is 9.48. The van der Waals surface area contributed by atoms with Crippen molar-refractivity contribution in [3.63, 3.8) is 0 Å². The lowest BCUT2D eigenvalue weighted by molar-refractivity contribution is -0.0314. The van der Waals surface area contributed by atoms with Crippen molar-refractivity contribution in [3.05, 3.63) is 0 Å². The zero-order valence-corrected chi connectivity index (χ0v) is 13.1. The molecule has 0 spiro atoms. The standard InChI is InChI=1S/C16H33NO2/c1-4-15-8-6-9-16(12-15)19-14(3)13-17-10-7-11-18-5-2/h14-17H,4-13H2,1-3H3. The van der Waals surface area contributed by atoms with E-state index in [4.69, 9.17) is 9.47 Å². The van der Waals surface area contributed by atoms with Crippen LogP contribution in [0.1, 0.15) is 59.3 Å². The van der Waals surface area contributed by atoms with E-state index in [1.54, 1.807) is 0 Å². The molecule has 0 aromatic carbocycles. The van der Waals surface area contributed by atoms with Crippen molar-refractivity contribution >= 4 is 0 Å². The molecule has 1 N–H and O–H groups in total. The van der Waals surface area contributed by atoms with Crippen LogP contribution in [0.4, 0.5) is 0 Å². The SMILES string of the molecule is CCOCCCNCC(C)OC1CCCC(CC)C1. The average Bonchev–Trinajstić information content (AvgIpc) is 2.43. The Labute approximate surface area is 119 Å². The summed E-state index contributed by atoms with van der Waals surface area (Å²) in [6.07, 6.45) is 8.49. The van der Waals surface area contributed by atoms with E-state index in [1.165, 1.54) is 32.1 Å². The van der Waals surface area contributed by atoms with Crippen LogP contribution in [-0.2, 0) is 9.47 Å². The third-order valence-electron chi connectivity index (χ3n) is 4.01. The smallest absolute Gasteiger partial charge is 0.0675 e. The molecule has 3 heteroatoms. The number of nitrogens with one attached hydrogen (secondary N) is 1. The molecule has 3 nitrogen and oxygen atoms in total. The van der Waals surface area contributed by atoms with Crippen LogP contribution in [0.3, 0.4) is 0 Å².